The molecular formula is C35H47N3O7. The fraction of sp³-hybridized carbons (Fsp3) is 0.429. The first-order valence-electron chi connectivity index (χ1n) is 15.4. The second-order valence-corrected chi connectivity index (χ2v) is 10.8. The molecule has 10 nitrogen and oxygen atoms in total. The molecule has 2 aromatic carbocycles. The third-order valence-corrected chi connectivity index (χ3v) is 6.97. The Morgan fingerprint density at radius 1 is 0.844 bits per heavy atom. The van der Waals surface area contributed by atoms with Gasteiger partial charge in [0, 0.05) is 19.4 Å². The number of benzene rings is 2. The molecule has 3 amide bonds. The van der Waals surface area contributed by atoms with E-state index in [2.05, 4.69) is 29.1 Å². The summed E-state index contributed by atoms with van der Waals surface area (Å²) in [6.07, 6.45) is 5.72. The highest BCUT2D eigenvalue weighted by atomic mass is 16.5. The van der Waals surface area contributed by atoms with Gasteiger partial charge in [-0.05, 0) is 49.7 Å². The number of aliphatic hydroxyl groups excluding tert-OH is 1. The van der Waals surface area contributed by atoms with Crippen molar-refractivity contribution in [3.05, 3.63) is 97.1 Å². The Morgan fingerprint density at radius 2 is 1.53 bits per heavy atom. The average molecular weight is 622 g/mol. The predicted octanol–water partition coefficient (Wildman–Crippen LogP) is 4.38. The van der Waals surface area contributed by atoms with Crippen molar-refractivity contribution in [1.29, 1.82) is 0 Å². The lowest BCUT2D eigenvalue weighted by Crippen LogP contribution is -2.45. The summed E-state index contributed by atoms with van der Waals surface area (Å²) in [5, 5.41) is 18.3. The summed E-state index contributed by atoms with van der Waals surface area (Å²) < 4.78 is 10.6. The van der Waals surface area contributed by atoms with Crippen LogP contribution in [0.4, 0.5) is 4.79 Å². The zero-order valence-electron chi connectivity index (χ0n) is 26.0. The monoisotopic (exact) mass is 621 g/mol. The Labute approximate surface area is 266 Å². The van der Waals surface area contributed by atoms with E-state index < -0.39 is 30.1 Å². The van der Waals surface area contributed by atoms with Crippen molar-refractivity contribution in [2.45, 2.75) is 70.1 Å². The molecule has 0 saturated heterocycles. The maximum absolute atomic E-state index is 13.3. The van der Waals surface area contributed by atoms with Crippen LogP contribution in [0.25, 0.3) is 0 Å². The minimum atomic E-state index is -0.696. The number of nitrogens with one attached hydrogen (secondary N) is 3. The Kier molecular flexibility index (Phi) is 18.1. The first-order valence-corrected chi connectivity index (χ1v) is 15.4. The van der Waals surface area contributed by atoms with Gasteiger partial charge in [-0.2, -0.15) is 0 Å². The number of carbonyl (C=O) groups is 4. The molecule has 0 bridgehead atoms. The number of amides is 3. The number of esters is 1. The first kappa shape index (κ1) is 36.8. The Balaban J connectivity index is 1.88. The average Bonchev–Trinajstić information content (AvgIpc) is 3.05. The molecule has 244 valence electrons. The van der Waals surface area contributed by atoms with Gasteiger partial charge in [0.1, 0.15) is 13.2 Å². The minimum Gasteiger partial charge on any atom is -0.463 e. The van der Waals surface area contributed by atoms with Crippen LogP contribution in [-0.2, 0) is 36.9 Å². The summed E-state index contributed by atoms with van der Waals surface area (Å²) >= 11 is 0. The van der Waals surface area contributed by atoms with Crippen molar-refractivity contribution >= 4 is 23.9 Å². The smallest absolute Gasteiger partial charge is 0.407 e. The number of ether oxygens (including phenoxy) is 2. The lowest BCUT2D eigenvalue weighted by atomic mass is 9.98. The highest BCUT2D eigenvalue weighted by molar-refractivity contribution is 5.86. The van der Waals surface area contributed by atoms with Crippen LogP contribution < -0.4 is 16.0 Å². The van der Waals surface area contributed by atoms with Crippen LogP contribution in [0, 0.1) is 5.92 Å². The molecule has 0 unspecified atom stereocenters. The van der Waals surface area contributed by atoms with E-state index in [1.165, 1.54) is 0 Å². The van der Waals surface area contributed by atoms with Gasteiger partial charge >= 0.3 is 12.1 Å². The quantitative estimate of drug-likeness (QED) is 0.0868. The summed E-state index contributed by atoms with van der Waals surface area (Å²) in [7, 11) is 0. The van der Waals surface area contributed by atoms with Gasteiger partial charge in [0.05, 0.1) is 24.6 Å². The van der Waals surface area contributed by atoms with Crippen LogP contribution in [-0.4, -0.2) is 60.8 Å². The largest absolute Gasteiger partial charge is 0.463 e. The Bertz CT molecular complexity index is 1190. The molecule has 0 aliphatic rings. The molecule has 0 aliphatic heterocycles. The zero-order valence-corrected chi connectivity index (χ0v) is 26.0. The molecule has 0 spiro atoms. The van der Waals surface area contributed by atoms with E-state index in [1.807, 2.05) is 60.7 Å². The van der Waals surface area contributed by atoms with Crippen molar-refractivity contribution < 1.29 is 33.8 Å². The topological polar surface area (TPSA) is 143 Å². The maximum Gasteiger partial charge on any atom is 0.407 e. The van der Waals surface area contributed by atoms with E-state index in [-0.39, 0.29) is 50.9 Å². The van der Waals surface area contributed by atoms with Gasteiger partial charge in [0.25, 0.3) is 0 Å². The summed E-state index contributed by atoms with van der Waals surface area (Å²) in [6.45, 7) is 7.63. The van der Waals surface area contributed by atoms with Crippen LogP contribution in [0.3, 0.4) is 0 Å². The number of alkyl carbamates (subject to hydrolysis) is 1. The molecule has 0 aliphatic carbocycles. The van der Waals surface area contributed by atoms with Crippen LogP contribution >= 0.6 is 0 Å². The molecule has 0 heterocycles. The molecule has 0 aromatic heterocycles. The van der Waals surface area contributed by atoms with Crippen molar-refractivity contribution in [3.63, 3.8) is 0 Å². The Morgan fingerprint density at radius 3 is 2.18 bits per heavy atom. The van der Waals surface area contributed by atoms with Gasteiger partial charge in [0.2, 0.25) is 11.8 Å². The summed E-state index contributed by atoms with van der Waals surface area (Å²) in [6, 6.07) is 17.9. The van der Waals surface area contributed by atoms with Gasteiger partial charge in [-0.3, -0.25) is 14.4 Å². The third-order valence-electron chi connectivity index (χ3n) is 6.97. The molecule has 4 N–H and O–H groups in total. The Hall–Kier alpha value is -4.44. The summed E-state index contributed by atoms with van der Waals surface area (Å²) in [5.74, 6) is -1.81. The highest BCUT2D eigenvalue weighted by Gasteiger charge is 2.25. The number of rotatable bonds is 22. The van der Waals surface area contributed by atoms with Gasteiger partial charge in [-0.15, -0.1) is 13.2 Å². The second-order valence-electron chi connectivity index (χ2n) is 10.8. The van der Waals surface area contributed by atoms with Gasteiger partial charge in [-0.25, -0.2) is 4.79 Å². The van der Waals surface area contributed by atoms with Gasteiger partial charge < -0.3 is 30.5 Å². The maximum atomic E-state index is 13.3. The van der Waals surface area contributed by atoms with Crippen LogP contribution in [0.5, 0.6) is 0 Å². The lowest BCUT2D eigenvalue weighted by molar-refractivity contribution is -0.145. The molecule has 0 saturated carbocycles. The van der Waals surface area contributed by atoms with E-state index in [0.717, 1.165) is 11.1 Å². The van der Waals surface area contributed by atoms with E-state index in [4.69, 9.17) is 9.47 Å². The molecule has 0 fully saturated rings. The van der Waals surface area contributed by atoms with Crippen molar-refractivity contribution in [2.75, 3.05) is 19.8 Å². The van der Waals surface area contributed by atoms with Crippen LogP contribution in [0.1, 0.15) is 56.1 Å². The molecule has 2 rings (SSSR count). The number of hydrogen-bond acceptors (Lipinski definition) is 7. The van der Waals surface area contributed by atoms with Crippen LogP contribution in [0.2, 0.25) is 0 Å². The minimum absolute atomic E-state index is 0.0229. The molecule has 3 atom stereocenters. The number of carbonyl (C=O) groups excluding carboxylic acids is 4. The fourth-order valence-corrected chi connectivity index (χ4v) is 4.54. The van der Waals surface area contributed by atoms with Gasteiger partial charge in [0.15, 0.2) is 0 Å². The van der Waals surface area contributed by atoms with Crippen molar-refractivity contribution in [3.8, 4) is 0 Å². The highest BCUT2D eigenvalue weighted by Crippen LogP contribution is 2.13. The van der Waals surface area contributed by atoms with Crippen molar-refractivity contribution in [2.24, 2.45) is 5.92 Å². The first-order chi connectivity index (χ1) is 21.8. The van der Waals surface area contributed by atoms with Crippen LogP contribution in [0.15, 0.2) is 86.0 Å². The second kappa shape index (κ2) is 22.1. The third kappa shape index (κ3) is 16.3. The molecule has 0 radical (unpaired) electrons. The SMILES string of the molecule is C=CCCC(=O)OC[C@H](CCCCNC(=O)OCc1ccccc1)NC(=O)[C@H](CC=C)CC(=O)N[C@H](CO)Cc1ccccc1. The number of unbranched alkanes of at least 4 members (excludes halogenated alkanes) is 1. The number of hydrogen-bond donors (Lipinski definition) is 4. The molecule has 10 heteroatoms. The number of allylic oxidation sites excluding steroid dienone is 2. The van der Waals surface area contributed by atoms with E-state index in [1.54, 1.807) is 12.2 Å². The lowest BCUT2D eigenvalue weighted by Gasteiger charge is -2.23. The van der Waals surface area contributed by atoms with E-state index >= 15 is 0 Å². The normalized spacial score (nSPS) is 12.6. The van der Waals surface area contributed by atoms with E-state index in [0.29, 0.717) is 38.6 Å². The molecule has 45 heavy (non-hydrogen) atoms. The van der Waals surface area contributed by atoms with Gasteiger partial charge in [-0.1, -0.05) is 72.8 Å². The fourth-order valence-electron chi connectivity index (χ4n) is 4.54. The standard InChI is InChI=1S/C35H47N3O7/c1-3-5-20-33(41)44-26-30(19-12-13-21-36-35(43)45-25-28-17-10-7-11-18-28)38-34(42)29(14-4-2)23-32(40)37-31(24-39)22-27-15-8-6-9-16-27/h3-4,6-11,15-18,29-31,39H,1-2,5,12-14,19-26H2,(H,36,43)(H,37,40)(H,38,42)/t29-,30+,31+/m1/s1. The summed E-state index contributed by atoms with van der Waals surface area (Å²) in [4.78, 5) is 50.3. The number of aliphatic hydroxyl groups is 1. The summed E-state index contributed by atoms with van der Waals surface area (Å²) in [5.41, 5.74) is 1.86. The van der Waals surface area contributed by atoms with E-state index in [9.17, 15) is 24.3 Å². The predicted molar refractivity (Wildman–Crippen MR) is 173 cm³/mol. The molecular weight excluding hydrogens is 574 g/mol. The van der Waals surface area contributed by atoms with Crippen molar-refractivity contribution in [1.82, 2.24) is 16.0 Å². The molecule has 2 aromatic rings. The zero-order chi connectivity index (χ0) is 32.7.